The molecule has 0 unspecified atom stereocenters. The van der Waals surface area contributed by atoms with E-state index in [-0.39, 0.29) is 14.9 Å². The van der Waals surface area contributed by atoms with Gasteiger partial charge in [0.15, 0.2) is 17.5 Å². The van der Waals surface area contributed by atoms with Crippen molar-refractivity contribution in [2.75, 3.05) is 36.0 Å². The number of morpholine rings is 2. The molecule has 4 aliphatic rings. The van der Waals surface area contributed by atoms with Crippen LogP contribution in [0.3, 0.4) is 0 Å². The molecule has 3 N–H and O–H groups in total. The molecule has 2 aromatic carbocycles. The molecule has 12 rings (SSSR count). The van der Waals surface area contributed by atoms with E-state index in [1.807, 2.05) is 64.9 Å². The van der Waals surface area contributed by atoms with Crippen molar-refractivity contribution in [3.8, 4) is 17.1 Å². The summed E-state index contributed by atoms with van der Waals surface area (Å²) >= 11 is 0. The van der Waals surface area contributed by atoms with Gasteiger partial charge in [-0.3, -0.25) is 10.2 Å². The minimum absolute atomic E-state index is 0. The fraction of sp³-hybridized carbons (Fsp3) is 0.366. The molecule has 58 heavy (non-hydrogen) atoms. The zero-order valence-electron chi connectivity index (χ0n) is 30.8. The largest absolute Gasteiger partial charge is 0.569 e. The Morgan fingerprint density at radius 2 is 1.22 bits per heavy atom. The van der Waals surface area contributed by atoms with Crippen molar-refractivity contribution in [1.82, 2.24) is 49.6 Å². The molecule has 4 saturated heterocycles. The van der Waals surface area contributed by atoms with E-state index in [9.17, 15) is 0 Å². The van der Waals surface area contributed by atoms with Crippen molar-refractivity contribution in [2.24, 2.45) is 0 Å². The fourth-order valence-electron chi connectivity index (χ4n) is 8.24. The number of H-pyrrole nitrogens is 2. The number of aryl methyl sites for hydroxylation is 1. The van der Waals surface area contributed by atoms with E-state index in [4.69, 9.17) is 29.2 Å². The lowest BCUT2D eigenvalue weighted by atomic mass is 10.1. The monoisotopic (exact) mass is 783 g/mol. The van der Waals surface area contributed by atoms with Crippen molar-refractivity contribution in [3.63, 3.8) is 0 Å². The van der Waals surface area contributed by atoms with Crippen molar-refractivity contribution in [2.45, 2.75) is 71.9 Å². The zero-order chi connectivity index (χ0) is 37.6. The number of aromatic amines is 2. The first kappa shape index (κ1) is 38.8. The molecule has 299 valence electrons. The van der Waals surface area contributed by atoms with Crippen molar-refractivity contribution < 1.29 is 19.2 Å². The van der Waals surface area contributed by atoms with Gasteiger partial charge in [0.2, 0.25) is 0 Å². The van der Waals surface area contributed by atoms with Crippen molar-refractivity contribution >= 4 is 52.2 Å². The van der Waals surface area contributed by atoms with Gasteiger partial charge < -0.3 is 29.0 Å². The molecule has 16 nitrogen and oxygen atoms in total. The molecular formula is C41H48BN12O4. The Morgan fingerprint density at radius 3 is 1.81 bits per heavy atom. The SMILES string of the molecule is C.C.Cc1nc(N2C[C@H]3CC[C@@H](C2)O3)c2cccn2n1.O[B]Oc1ccc2[nH]ncc2c1.c1cc2c(N3C[C@H]4CC[C@@H](C3)O4)nc(-c3ccc4[nH]ncc4c3)nn2c1. The Kier molecular flexibility index (Phi) is 11.0. The number of fused-ring (bicyclic) bond motifs is 8. The number of anilines is 2. The summed E-state index contributed by atoms with van der Waals surface area (Å²) in [5.74, 6) is 4.17. The highest BCUT2D eigenvalue weighted by atomic mass is 16.5. The predicted octanol–water partition coefficient (Wildman–Crippen LogP) is 5.79. The molecule has 6 aromatic heterocycles. The molecule has 4 atom stereocenters. The molecule has 0 aliphatic carbocycles. The first-order valence-corrected chi connectivity index (χ1v) is 19.0. The molecule has 4 aliphatic heterocycles. The summed E-state index contributed by atoms with van der Waals surface area (Å²) < 4.78 is 20.5. The molecule has 10 heterocycles. The van der Waals surface area contributed by atoms with Gasteiger partial charge in [0.1, 0.15) is 22.6 Å². The summed E-state index contributed by atoms with van der Waals surface area (Å²) in [5.41, 5.74) is 5.08. The van der Waals surface area contributed by atoms with Gasteiger partial charge in [-0.1, -0.05) is 14.9 Å². The zero-order valence-corrected chi connectivity index (χ0v) is 30.8. The summed E-state index contributed by atoms with van der Waals surface area (Å²) in [6.45, 7) is 5.64. The van der Waals surface area contributed by atoms with Crippen LogP contribution in [0.1, 0.15) is 46.4 Å². The van der Waals surface area contributed by atoms with E-state index in [1.54, 1.807) is 18.3 Å². The second kappa shape index (κ2) is 16.4. The molecule has 8 aromatic rings. The van der Waals surface area contributed by atoms with Gasteiger partial charge in [-0.25, -0.2) is 19.0 Å². The highest BCUT2D eigenvalue weighted by molar-refractivity contribution is 6.17. The lowest BCUT2D eigenvalue weighted by Crippen LogP contribution is -2.43. The molecular weight excluding hydrogens is 735 g/mol. The van der Waals surface area contributed by atoms with Crippen LogP contribution in [0.2, 0.25) is 0 Å². The maximum Gasteiger partial charge on any atom is 0.569 e. The van der Waals surface area contributed by atoms with Crippen LogP contribution in [-0.2, 0) is 9.47 Å². The molecule has 0 amide bonds. The molecule has 1 radical (unpaired) electrons. The average molecular weight is 784 g/mol. The first-order valence-electron chi connectivity index (χ1n) is 19.0. The molecule has 4 fully saturated rings. The Hall–Kier alpha value is -6.04. The minimum atomic E-state index is 0. The number of nitrogens with one attached hydrogen (secondary N) is 2. The highest BCUT2D eigenvalue weighted by Crippen LogP contribution is 2.33. The lowest BCUT2D eigenvalue weighted by Gasteiger charge is -2.33. The maximum absolute atomic E-state index is 8.37. The van der Waals surface area contributed by atoms with E-state index < -0.39 is 0 Å². The number of hydrogen-bond acceptors (Lipinski definition) is 12. The van der Waals surface area contributed by atoms with Crippen LogP contribution in [0.25, 0.3) is 44.2 Å². The third kappa shape index (κ3) is 7.67. The van der Waals surface area contributed by atoms with Gasteiger partial charge in [-0.15, -0.1) is 5.10 Å². The number of rotatable bonds is 5. The topological polar surface area (TPSA) is 172 Å². The number of nitrogens with zero attached hydrogens (tertiary/aromatic N) is 10. The molecule has 0 saturated carbocycles. The maximum atomic E-state index is 8.37. The Balaban J connectivity index is 0.000000128. The van der Waals surface area contributed by atoms with Crippen LogP contribution in [0.5, 0.6) is 5.75 Å². The van der Waals surface area contributed by atoms with Crippen LogP contribution < -0.4 is 14.5 Å². The second-order valence-electron chi connectivity index (χ2n) is 14.7. The van der Waals surface area contributed by atoms with Crippen LogP contribution in [0.15, 0.2) is 85.5 Å². The Morgan fingerprint density at radius 1 is 0.690 bits per heavy atom. The van der Waals surface area contributed by atoms with E-state index in [2.05, 4.69) is 58.5 Å². The Bertz CT molecular complexity index is 2620. The molecule has 17 heteroatoms. The summed E-state index contributed by atoms with van der Waals surface area (Å²) in [6.07, 6.45) is 13.6. The van der Waals surface area contributed by atoms with E-state index >= 15 is 0 Å². The second-order valence-corrected chi connectivity index (χ2v) is 14.7. The standard InChI is InChI=1S/C19H18N6O.C13H16N4O.C7H6BN2O2.2CH4/c1-2-17-19(24-10-14-4-5-15(11-24)26-14)21-18(23-25(17)7-1)12-3-6-16-13(8-12)9-20-22-16;1-9-14-13(12-3-2-6-17(12)15-9)16-7-10-4-5-11(8-16)18-10;11-8-12-6-1-2-7-5(3-6)4-9-10-7;;/h1-3,6-9,14-15H,4-5,10-11H2,(H,20,22);2-3,6,10-11H,4-5,7-8H2,1H3;1-4,11H,(H,9,10);2*1H4/t14-,15+;10-,11+;;;. The predicted molar refractivity (Wildman–Crippen MR) is 224 cm³/mol. The van der Waals surface area contributed by atoms with Crippen molar-refractivity contribution in [3.05, 3.63) is 91.3 Å². The molecule has 0 spiro atoms. The fourth-order valence-corrected chi connectivity index (χ4v) is 8.24. The number of aromatic nitrogens is 10. The first-order chi connectivity index (χ1) is 27.5. The van der Waals surface area contributed by atoms with Gasteiger partial charge in [-0.2, -0.15) is 15.3 Å². The third-order valence-electron chi connectivity index (χ3n) is 10.8. The minimum Gasteiger partial charge on any atom is -0.537 e. The summed E-state index contributed by atoms with van der Waals surface area (Å²) in [6, 6.07) is 19.7. The highest BCUT2D eigenvalue weighted by Gasteiger charge is 2.36. The summed E-state index contributed by atoms with van der Waals surface area (Å²) in [5, 5.41) is 33.2. The Labute approximate surface area is 336 Å². The van der Waals surface area contributed by atoms with Crippen LogP contribution in [-0.4, -0.2) is 113 Å². The lowest BCUT2D eigenvalue weighted by molar-refractivity contribution is 0.0301. The van der Waals surface area contributed by atoms with Crippen LogP contribution in [0, 0.1) is 6.92 Å². The number of hydrogen-bond donors (Lipinski definition) is 3. The van der Waals surface area contributed by atoms with Gasteiger partial charge in [0.25, 0.3) is 0 Å². The molecule has 4 bridgehead atoms. The van der Waals surface area contributed by atoms with Gasteiger partial charge in [0, 0.05) is 54.9 Å². The van der Waals surface area contributed by atoms with E-state index in [0.717, 1.165) is 101 Å². The van der Waals surface area contributed by atoms with Gasteiger partial charge in [0.05, 0.1) is 47.8 Å². The number of benzene rings is 2. The van der Waals surface area contributed by atoms with Crippen LogP contribution >= 0.6 is 0 Å². The summed E-state index contributed by atoms with van der Waals surface area (Å²) in [7, 11) is 0.654. The third-order valence-corrected chi connectivity index (χ3v) is 10.8. The van der Waals surface area contributed by atoms with Crippen LogP contribution in [0.4, 0.5) is 11.6 Å². The smallest absolute Gasteiger partial charge is 0.537 e. The van der Waals surface area contributed by atoms with Crippen molar-refractivity contribution in [1.29, 1.82) is 0 Å². The van der Waals surface area contributed by atoms with Gasteiger partial charge in [-0.05, 0) is 93.3 Å². The van der Waals surface area contributed by atoms with E-state index in [0.29, 0.717) is 37.9 Å². The quantitative estimate of drug-likeness (QED) is 0.180. The average Bonchev–Trinajstić information content (AvgIpc) is 4.08. The number of ether oxygens (including phenoxy) is 2. The normalized spacial score (nSPS) is 20.6. The van der Waals surface area contributed by atoms with E-state index in [1.165, 1.54) is 12.8 Å². The van der Waals surface area contributed by atoms with Gasteiger partial charge >= 0.3 is 7.69 Å². The summed E-state index contributed by atoms with van der Waals surface area (Å²) in [4.78, 5) is 14.3.